The number of benzene rings is 1. The first-order chi connectivity index (χ1) is 17.8. The van der Waals surface area contributed by atoms with Gasteiger partial charge in [-0.3, -0.25) is 4.90 Å². The van der Waals surface area contributed by atoms with Crippen LogP contribution in [-0.2, 0) is 0 Å². The number of anilines is 4. The Labute approximate surface area is 218 Å². The molecule has 3 fully saturated rings. The second kappa shape index (κ2) is 9.01. The molecule has 0 radical (unpaired) electrons. The van der Waals surface area contributed by atoms with Gasteiger partial charge in [-0.25, -0.2) is 10.2 Å². The molecule has 0 bridgehead atoms. The number of nitriles is 2. The molecule has 3 aromatic rings. The summed E-state index contributed by atoms with van der Waals surface area (Å²) in [6.45, 7) is 4.70. The highest BCUT2D eigenvalue weighted by molar-refractivity contribution is 6.36. The number of likely N-dealkylation sites (N-methyl/N-ethyl adjacent to an activating group) is 1. The lowest BCUT2D eigenvalue weighted by Crippen LogP contribution is -2.65. The van der Waals surface area contributed by atoms with E-state index < -0.39 is 0 Å². The van der Waals surface area contributed by atoms with E-state index in [1.165, 1.54) is 10.7 Å². The standard InChI is InChI=1S/C24H27ClN11O/c1-36(37)6-4-33(5-7-36)18-13-34(14-18)20-9-15(10-26)8-19(21(20)25)30-24-31-22(29-16-2-3-16)23-28-12-17(11-27)35(23)32-24/h8-9,12,16,18,37H,2-7,13-14H2,1H3,(H2,29,30,31,32)/q+1. The number of halogens is 1. The van der Waals surface area contributed by atoms with Gasteiger partial charge in [0.15, 0.2) is 17.2 Å². The number of piperazine rings is 1. The second-order valence-electron chi connectivity index (χ2n) is 10.2. The predicted molar refractivity (Wildman–Crippen MR) is 137 cm³/mol. The highest BCUT2D eigenvalue weighted by atomic mass is 35.5. The first kappa shape index (κ1) is 23.7. The molecule has 190 valence electrons. The maximum atomic E-state index is 10.2. The molecule has 1 saturated carbocycles. The number of nitrogens with zero attached hydrogens (tertiary/aromatic N) is 9. The minimum Gasteiger partial charge on any atom is -0.367 e. The average molecular weight is 521 g/mol. The molecule has 2 aromatic heterocycles. The van der Waals surface area contributed by atoms with E-state index in [1.807, 2.05) is 7.05 Å². The number of imidazole rings is 1. The zero-order chi connectivity index (χ0) is 25.7. The normalized spacial score (nSPS) is 19.8. The lowest BCUT2D eigenvalue weighted by molar-refractivity contribution is -1.09. The van der Waals surface area contributed by atoms with Gasteiger partial charge in [-0.05, 0) is 25.0 Å². The number of hydrogen-bond acceptors (Lipinski definition) is 10. The van der Waals surface area contributed by atoms with E-state index in [1.54, 1.807) is 12.1 Å². The Morgan fingerprint density at radius 2 is 1.92 bits per heavy atom. The summed E-state index contributed by atoms with van der Waals surface area (Å²) in [5.74, 6) is 0.784. The van der Waals surface area contributed by atoms with Crippen molar-refractivity contribution in [2.75, 3.05) is 61.8 Å². The highest BCUT2D eigenvalue weighted by Gasteiger charge is 2.38. The number of hydrogen-bond donors (Lipinski definition) is 3. The minimum atomic E-state index is 0.0681. The molecule has 1 aromatic carbocycles. The van der Waals surface area contributed by atoms with E-state index in [2.05, 4.69) is 47.6 Å². The fraction of sp³-hybridized carbons (Fsp3) is 0.458. The van der Waals surface area contributed by atoms with E-state index in [9.17, 15) is 15.7 Å². The Morgan fingerprint density at radius 1 is 1.16 bits per heavy atom. The van der Waals surface area contributed by atoms with Gasteiger partial charge in [-0.2, -0.15) is 24.7 Å². The number of aromatic nitrogens is 4. The number of nitrogens with one attached hydrogen (secondary N) is 2. The molecule has 13 heteroatoms. The van der Waals surface area contributed by atoms with Gasteiger partial charge in [0, 0.05) is 25.2 Å². The van der Waals surface area contributed by atoms with E-state index in [0.29, 0.717) is 58.6 Å². The number of hydroxylamine groups is 3. The van der Waals surface area contributed by atoms with Crippen molar-refractivity contribution < 1.29 is 9.85 Å². The van der Waals surface area contributed by atoms with Crippen LogP contribution in [0.1, 0.15) is 24.1 Å². The summed E-state index contributed by atoms with van der Waals surface area (Å²) in [6, 6.07) is 8.51. The van der Waals surface area contributed by atoms with Crippen LogP contribution in [0.25, 0.3) is 5.65 Å². The van der Waals surface area contributed by atoms with Crippen LogP contribution in [-0.4, -0.2) is 92.7 Å². The van der Waals surface area contributed by atoms with Gasteiger partial charge in [0.25, 0.3) is 0 Å². The Morgan fingerprint density at radius 3 is 2.59 bits per heavy atom. The third kappa shape index (κ3) is 4.61. The summed E-state index contributed by atoms with van der Waals surface area (Å²) in [6.07, 6.45) is 3.57. The van der Waals surface area contributed by atoms with Gasteiger partial charge in [0.1, 0.15) is 19.2 Å². The molecule has 2 aliphatic heterocycles. The van der Waals surface area contributed by atoms with Crippen molar-refractivity contribution in [3.8, 4) is 12.1 Å². The zero-order valence-corrected chi connectivity index (χ0v) is 21.1. The molecule has 3 N–H and O–H groups in total. The van der Waals surface area contributed by atoms with Gasteiger partial charge in [0.05, 0.1) is 54.4 Å². The molecule has 12 nitrogen and oxygen atoms in total. The van der Waals surface area contributed by atoms with Gasteiger partial charge in [-0.15, -0.1) is 5.10 Å². The molecule has 0 atom stereocenters. The summed E-state index contributed by atoms with van der Waals surface area (Å²) in [7, 11) is 1.84. The maximum Gasteiger partial charge on any atom is 0.247 e. The number of fused-ring (bicyclic) bond motifs is 1. The van der Waals surface area contributed by atoms with E-state index >= 15 is 0 Å². The molecule has 37 heavy (non-hydrogen) atoms. The van der Waals surface area contributed by atoms with Crippen molar-refractivity contribution in [2.45, 2.75) is 24.9 Å². The first-order valence-corrected chi connectivity index (χ1v) is 12.7. The van der Waals surface area contributed by atoms with Crippen molar-refractivity contribution in [2.24, 2.45) is 0 Å². The molecule has 1 aliphatic carbocycles. The lowest BCUT2D eigenvalue weighted by Gasteiger charge is -2.49. The monoisotopic (exact) mass is 520 g/mol. The third-order valence-electron chi connectivity index (χ3n) is 7.28. The van der Waals surface area contributed by atoms with Crippen molar-refractivity contribution in [3.05, 3.63) is 34.6 Å². The smallest absolute Gasteiger partial charge is 0.247 e. The van der Waals surface area contributed by atoms with Crippen LogP contribution in [0.2, 0.25) is 5.02 Å². The van der Waals surface area contributed by atoms with Crippen LogP contribution in [0.5, 0.6) is 0 Å². The Balaban J connectivity index is 1.26. The van der Waals surface area contributed by atoms with Crippen molar-refractivity contribution >= 4 is 40.4 Å². The zero-order valence-electron chi connectivity index (χ0n) is 20.4. The molecule has 0 spiro atoms. The Kier molecular flexibility index (Phi) is 5.77. The highest BCUT2D eigenvalue weighted by Crippen LogP contribution is 2.38. The van der Waals surface area contributed by atoms with Crippen molar-refractivity contribution in [3.63, 3.8) is 0 Å². The topological polar surface area (TPSA) is 141 Å². The molecule has 6 rings (SSSR count). The van der Waals surface area contributed by atoms with E-state index in [4.69, 9.17) is 11.6 Å². The second-order valence-corrected chi connectivity index (χ2v) is 10.5. The lowest BCUT2D eigenvalue weighted by atomic mass is 10.0. The molecule has 2 saturated heterocycles. The molecular formula is C24H27ClN11O+. The number of rotatable bonds is 6. The van der Waals surface area contributed by atoms with Gasteiger partial charge < -0.3 is 15.5 Å². The predicted octanol–water partition coefficient (Wildman–Crippen LogP) is 2.18. The van der Waals surface area contributed by atoms with Gasteiger partial charge in [0.2, 0.25) is 5.95 Å². The quantitative estimate of drug-likeness (QED) is 0.414. The maximum absolute atomic E-state index is 10.2. The molecule has 4 heterocycles. The molecular weight excluding hydrogens is 494 g/mol. The van der Waals surface area contributed by atoms with E-state index in [0.717, 1.165) is 44.7 Å². The van der Waals surface area contributed by atoms with Crippen LogP contribution >= 0.6 is 11.6 Å². The van der Waals surface area contributed by atoms with Gasteiger partial charge in [-0.1, -0.05) is 11.6 Å². The van der Waals surface area contributed by atoms with Crippen LogP contribution in [0.15, 0.2) is 18.3 Å². The van der Waals surface area contributed by atoms with Crippen LogP contribution in [0.3, 0.4) is 0 Å². The van der Waals surface area contributed by atoms with Crippen LogP contribution in [0.4, 0.5) is 23.1 Å². The summed E-state index contributed by atoms with van der Waals surface area (Å²) < 4.78 is 1.52. The third-order valence-corrected chi connectivity index (χ3v) is 7.68. The molecule has 0 amide bonds. The van der Waals surface area contributed by atoms with E-state index in [-0.39, 0.29) is 10.6 Å². The summed E-state index contributed by atoms with van der Waals surface area (Å²) in [4.78, 5) is 13.5. The Bertz CT molecular complexity index is 1440. The first-order valence-electron chi connectivity index (χ1n) is 12.3. The van der Waals surface area contributed by atoms with Crippen molar-refractivity contribution in [1.29, 1.82) is 10.5 Å². The summed E-state index contributed by atoms with van der Waals surface area (Å²) in [5, 5.41) is 40.8. The fourth-order valence-electron chi connectivity index (χ4n) is 4.80. The summed E-state index contributed by atoms with van der Waals surface area (Å²) in [5.41, 5.74) is 2.53. The minimum absolute atomic E-state index is 0.0681. The van der Waals surface area contributed by atoms with Crippen LogP contribution in [0, 0.1) is 22.7 Å². The summed E-state index contributed by atoms with van der Waals surface area (Å²) >= 11 is 6.85. The fourth-order valence-corrected chi connectivity index (χ4v) is 5.08. The molecule has 3 aliphatic rings. The molecule has 0 unspecified atom stereocenters. The number of quaternary nitrogens is 1. The van der Waals surface area contributed by atoms with Crippen LogP contribution < -0.4 is 15.5 Å². The Hall–Kier alpha value is -3.68. The largest absolute Gasteiger partial charge is 0.367 e. The van der Waals surface area contributed by atoms with Crippen molar-refractivity contribution in [1.82, 2.24) is 24.5 Å². The van der Waals surface area contributed by atoms with Gasteiger partial charge >= 0.3 is 0 Å². The SMILES string of the molecule is C[N+]1(O)CCN(C2CN(c3cc(C#N)cc(Nc4nc(NC5CC5)c5ncc(C#N)n5n4)c3Cl)C2)CC1. The average Bonchev–Trinajstić information content (AvgIpc) is 3.57.